The standard InChI is InChI=1S/C12H17FN2.C11H14BrFN2O.2C11H14BrNO.2C11H14BrN.C11H14ClFN2O.3C10H13NO2/c1-10(14)15-9-12-5-2-4-11(8-12)6-3-7-13;1-8(14)15-7-9-2-3-11(10(12)6-9)16-5-4-13;1-8(13)2-7-11(14)9-3-5-10(12)6-4-9;1-8(13)5-6-11(14)9-3-2-4-10(12)7-9;1-9(13)5-4-7-10-6-2-3-8-11(10)12;1-9(13)3-2-4-10-5-7-11(12)8-6-10;1-8(14)15-7-9-2-3-11(10(12)6-9)16-5-4-13;3*1-8-2-4-9(5-3-8)6-10(11)13-7-12/h2,4-5,8H,3,6-7,9H2,1H3,(H2,14,15);2-3,6H,4-5,7H2,1H3,(H2,14,15);3-6,11,13-14H,2,7H2,1H3;2-4,7,11,13-14H,5-6H2,1H3;2-3,6,8,13H,4-5,7H2,1H3;5-8,13H,2-4H2,1H3;2-3,6H,4-5,7H2,1H3,(H2,14,15);3*2-5,7,10H,6,11H2,1H3/t;;2*11-;;;;3*10-/m..00...000/s1/i2*13-1;4*12-4;13-1;;;. The molecular formula is C108H140Br5ClF3N13O10. The summed E-state index contributed by atoms with van der Waals surface area (Å²) in [6.07, 6.45) is 9.12. The average molecular weight is 2250 g/mol. The molecule has 0 spiro atoms. The van der Waals surface area contributed by atoms with Crippen LogP contribution >= 0.6 is 91.3 Å². The lowest BCUT2D eigenvalue weighted by molar-refractivity contribution is -0.134. The number of carbonyl (C=O) groups is 3. The van der Waals surface area contributed by atoms with Gasteiger partial charge in [-0.2, -0.15) is 0 Å². The van der Waals surface area contributed by atoms with Gasteiger partial charge in [0, 0.05) is 60.0 Å². The van der Waals surface area contributed by atoms with Gasteiger partial charge < -0.3 is 72.7 Å². The molecule has 0 aromatic heterocycles. The first kappa shape index (κ1) is 128. The molecule has 5 atom stereocenters. The fraction of sp³-hybridized carbons (Fsp3) is 0.352. The molecular weight excluding hydrogens is 2110 g/mol. The summed E-state index contributed by atoms with van der Waals surface area (Å²) in [7, 11) is 0. The van der Waals surface area contributed by atoms with Crippen LogP contribution in [0.15, 0.2) is 268 Å². The van der Waals surface area contributed by atoms with Crippen LogP contribution in [0.4, 0.5) is 13.2 Å². The summed E-state index contributed by atoms with van der Waals surface area (Å²) in [4.78, 5) is 42.2. The second-order valence-electron chi connectivity index (χ2n) is 32.2. The molecule has 32 heteroatoms. The van der Waals surface area contributed by atoms with Gasteiger partial charge in [-0.3, -0.25) is 51.0 Å². The third-order valence-corrected chi connectivity index (χ3v) is 22.3. The summed E-state index contributed by atoms with van der Waals surface area (Å²) < 4.78 is 64.9. The maximum absolute atomic E-state index is 12.0. The van der Waals surface area contributed by atoms with Crippen LogP contribution in [0, 0.1) is 42.4 Å². The van der Waals surface area contributed by atoms with E-state index in [1.807, 2.05) is 198 Å². The molecule has 0 aliphatic carbocycles. The van der Waals surface area contributed by atoms with E-state index in [0.29, 0.717) is 136 Å². The smallest absolute Gasteiger partial charge is 0.294 e. The highest BCUT2D eigenvalue weighted by molar-refractivity contribution is 9.11. The number of halogens is 9. The number of ether oxygens (including phenoxy) is 5. The fourth-order valence-electron chi connectivity index (χ4n) is 11.7. The summed E-state index contributed by atoms with van der Waals surface area (Å²) in [6, 6.07) is 74.6. The number of aliphatic imine (C=N–C) groups is 3. The molecule has 0 fully saturated rings. The van der Waals surface area contributed by atoms with Crippen molar-refractivity contribution in [3.63, 3.8) is 0 Å². The van der Waals surface area contributed by atoms with E-state index in [9.17, 15) is 37.8 Å². The SMILES string of the molecule is CC(=N)CCCc1ccc([76Br])cc1.CC(=N)CCCc1ccccc1[76Br].CC(=N)CC[C@H](O)c1ccc([76Br])cc1.CC(=N)CC[C@H](O)c1cccc([76Br])c1.CC(N)=NCc1ccc(OCC[18F])c(Br)c1.CC(N)=NCc1ccc(OCC[18F])c(Cl)c1.CC(N)=NCc1cccc(CCC[18F])c1.Cc1ccc(C[C@@H](N)OC=O)cc1.Cc1ccc(C[C@@H](N)OC=O)cc1.Cc1ccc(C[C@@H](N)OC=O)cc1. The number of benzene rings is 10. The Morgan fingerprint density at radius 2 is 0.764 bits per heavy atom. The van der Waals surface area contributed by atoms with Crippen molar-refractivity contribution in [1.82, 2.24) is 0 Å². The zero-order valence-corrected chi connectivity index (χ0v) is 90.4. The molecule has 140 heavy (non-hydrogen) atoms. The number of nitrogens with one attached hydrogen (secondary N) is 4. The minimum atomic E-state index is -0.541. The summed E-state index contributed by atoms with van der Waals surface area (Å²) >= 11 is 22.9. The lowest BCUT2D eigenvalue weighted by Crippen LogP contribution is -2.25. The highest BCUT2D eigenvalue weighted by Gasteiger charge is 2.12. The molecule has 760 valence electrons. The molecule has 0 radical (unpaired) electrons. The zero-order chi connectivity index (χ0) is 105. The summed E-state index contributed by atoms with van der Waals surface area (Å²) in [5.41, 5.74) is 51.2. The van der Waals surface area contributed by atoms with E-state index >= 15 is 0 Å². The van der Waals surface area contributed by atoms with E-state index < -0.39 is 44.2 Å². The Kier molecular flexibility index (Phi) is 71.3. The minimum Gasteiger partial charge on any atom is -0.490 e. The van der Waals surface area contributed by atoms with E-state index in [1.54, 1.807) is 52.8 Å². The number of aryl methyl sites for hydroxylation is 6. The van der Waals surface area contributed by atoms with Crippen molar-refractivity contribution < 1.29 is 61.5 Å². The Labute approximate surface area is 873 Å². The van der Waals surface area contributed by atoms with Crippen LogP contribution in [-0.4, -0.2) is 122 Å². The minimum absolute atomic E-state index is 0.0130. The van der Waals surface area contributed by atoms with Gasteiger partial charge in [-0.05, 0) is 290 Å². The maximum atomic E-state index is 12.0. The van der Waals surface area contributed by atoms with Gasteiger partial charge in [0.25, 0.3) is 19.4 Å². The Hall–Kier alpha value is -10.4. The van der Waals surface area contributed by atoms with Gasteiger partial charge in [0.2, 0.25) is 0 Å². The molecule has 23 nitrogen and oxygen atoms in total. The van der Waals surface area contributed by atoms with Crippen LogP contribution in [0.25, 0.3) is 0 Å². The van der Waals surface area contributed by atoms with Crippen LogP contribution in [0.3, 0.4) is 0 Å². The van der Waals surface area contributed by atoms with Gasteiger partial charge in [-0.1, -0.05) is 256 Å². The molecule has 0 amide bonds. The van der Waals surface area contributed by atoms with Gasteiger partial charge >= 0.3 is 0 Å². The lowest BCUT2D eigenvalue weighted by atomic mass is 10.0. The van der Waals surface area contributed by atoms with Crippen LogP contribution in [0.5, 0.6) is 11.5 Å². The monoisotopic (exact) mass is 2250 g/mol. The number of rotatable bonds is 43. The summed E-state index contributed by atoms with van der Waals surface area (Å²) in [5.74, 6) is 2.78. The molecule has 0 heterocycles. The van der Waals surface area contributed by atoms with Crippen molar-refractivity contribution in [1.29, 1.82) is 21.6 Å². The van der Waals surface area contributed by atoms with Gasteiger partial charge in [0.15, 0.2) is 18.7 Å². The Morgan fingerprint density at radius 1 is 0.400 bits per heavy atom. The number of aliphatic hydroxyl groups excluding tert-OH is 2. The molecule has 10 rings (SSSR count). The van der Waals surface area contributed by atoms with Gasteiger partial charge in [-0.25, -0.2) is 8.78 Å². The van der Waals surface area contributed by atoms with Gasteiger partial charge in [0.05, 0.1) is 65.5 Å². The van der Waals surface area contributed by atoms with Crippen molar-refractivity contribution in [2.24, 2.45) is 49.4 Å². The highest BCUT2D eigenvalue weighted by Crippen LogP contribution is 2.29. The molecule has 18 N–H and O–H groups in total. The van der Waals surface area contributed by atoms with Crippen molar-refractivity contribution in [3.8, 4) is 11.5 Å². The maximum Gasteiger partial charge on any atom is 0.294 e. The van der Waals surface area contributed by atoms with E-state index in [1.165, 1.54) is 32.3 Å². The Morgan fingerprint density at radius 3 is 1.16 bits per heavy atom. The zero-order valence-electron chi connectivity index (χ0n) is 81.7. The molecule has 0 aliphatic rings. The number of hydrogen-bond donors (Lipinski definition) is 12. The van der Waals surface area contributed by atoms with Crippen LogP contribution in [0.2, 0.25) is 5.02 Å². The first-order valence-electron chi connectivity index (χ1n) is 45.3. The molecule has 0 aliphatic heterocycles. The molecule has 10 aromatic rings. The number of nitrogens with two attached hydrogens (primary N) is 6. The molecule has 0 bridgehead atoms. The predicted octanol–water partition coefficient (Wildman–Crippen LogP) is 24.9. The third-order valence-electron chi connectivity index (χ3n) is 19.1. The number of alkyl halides is 3. The molecule has 10 aromatic carbocycles. The van der Waals surface area contributed by atoms with Crippen LogP contribution in [0.1, 0.15) is 196 Å². The van der Waals surface area contributed by atoms with E-state index in [4.69, 9.17) is 77.1 Å². The third kappa shape index (κ3) is 67.1. The van der Waals surface area contributed by atoms with E-state index in [0.717, 1.165) is 124 Å². The van der Waals surface area contributed by atoms with Gasteiger partial charge in [-0.15, -0.1) is 0 Å². The second kappa shape index (κ2) is 78.2. The van der Waals surface area contributed by atoms with E-state index in [2.05, 4.69) is 157 Å². The molecule has 0 saturated carbocycles. The molecule has 0 unspecified atom stereocenters. The topological polar surface area (TPSA) is 426 Å². The van der Waals surface area contributed by atoms with Crippen molar-refractivity contribution in [3.05, 3.63) is 336 Å². The fourth-order valence-corrected chi connectivity index (χ4v) is 14.0. The van der Waals surface area contributed by atoms with Crippen molar-refractivity contribution in [2.75, 3.05) is 33.2 Å². The molecule has 0 saturated heterocycles. The summed E-state index contributed by atoms with van der Waals surface area (Å²) in [5, 5.41) is 49.1. The lowest BCUT2D eigenvalue weighted by Gasteiger charge is -2.10. The van der Waals surface area contributed by atoms with Crippen molar-refractivity contribution >= 4 is 151 Å². The second-order valence-corrected chi connectivity index (χ2v) is 37.1. The van der Waals surface area contributed by atoms with Crippen LogP contribution < -0.4 is 43.9 Å². The first-order valence-corrected chi connectivity index (χ1v) is 49.7. The predicted molar refractivity (Wildman–Crippen MR) is 587 cm³/mol. The Balaban J connectivity index is 0.000000778. The van der Waals surface area contributed by atoms with Crippen LogP contribution in [-0.2, 0) is 86.8 Å². The number of hydrogen-bond acceptors (Lipinski definition) is 20. The number of amidine groups is 3. The average Bonchev–Trinajstić information content (AvgIpc) is 0.872. The first-order chi connectivity index (χ1) is 66.7. The summed E-state index contributed by atoms with van der Waals surface area (Å²) in [6.45, 7) is 20.1. The highest BCUT2D eigenvalue weighted by atomic mass is 79.9. The van der Waals surface area contributed by atoms with E-state index in [-0.39, 0.29) is 19.9 Å². The largest absolute Gasteiger partial charge is 0.490 e. The Bertz CT molecular complexity index is 5050. The number of carbonyl (C=O) groups excluding carboxylic acids is 3. The normalized spacial score (nSPS) is 11.6. The van der Waals surface area contributed by atoms with Crippen molar-refractivity contribution in [2.45, 2.75) is 216 Å². The number of aliphatic hydroxyl groups is 2. The van der Waals surface area contributed by atoms with Gasteiger partial charge in [0.1, 0.15) is 38.1 Å². The quantitative estimate of drug-likeness (QED) is 0.00555. The number of nitrogens with zero attached hydrogens (tertiary/aromatic N) is 3.